The lowest BCUT2D eigenvalue weighted by Crippen LogP contribution is -2.26. The second-order valence-electron chi connectivity index (χ2n) is 6.28. The fourth-order valence-corrected chi connectivity index (χ4v) is 3.14. The maximum Gasteiger partial charge on any atom is 0.0895 e. The average molecular weight is 262 g/mol. The van der Waals surface area contributed by atoms with Gasteiger partial charge in [-0.05, 0) is 56.1 Å². The molecule has 1 saturated carbocycles. The van der Waals surface area contributed by atoms with Gasteiger partial charge in [0, 0.05) is 11.9 Å². The molecular formula is C16H26N2O. The number of nitrogen functional groups attached to an aromatic ring is 1. The molecule has 2 N–H and O–H groups in total. The van der Waals surface area contributed by atoms with E-state index in [1.165, 1.54) is 19.3 Å². The Morgan fingerprint density at radius 1 is 1.21 bits per heavy atom. The molecule has 2 rings (SSSR count). The fourth-order valence-electron chi connectivity index (χ4n) is 3.14. The monoisotopic (exact) mass is 262 g/mol. The zero-order valence-electron chi connectivity index (χ0n) is 12.6. The summed E-state index contributed by atoms with van der Waals surface area (Å²) in [7, 11) is 0. The number of hydrogen-bond donors (Lipinski definition) is 1. The van der Waals surface area contributed by atoms with Crippen molar-refractivity contribution in [3.63, 3.8) is 0 Å². The SMILES string of the molecule is Cc1cnc(COC2CC(C)CC(C)C2)c(C)c1N. The molecular weight excluding hydrogens is 236 g/mol. The van der Waals surface area contributed by atoms with Crippen molar-refractivity contribution in [3.8, 4) is 0 Å². The normalized spacial score (nSPS) is 27.5. The zero-order valence-corrected chi connectivity index (χ0v) is 12.6. The second-order valence-corrected chi connectivity index (χ2v) is 6.28. The molecule has 0 aliphatic heterocycles. The molecule has 2 unspecified atom stereocenters. The van der Waals surface area contributed by atoms with Gasteiger partial charge in [-0.3, -0.25) is 4.98 Å². The van der Waals surface area contributed by atoms with Gasteiger partial charge >= 0.3 is 0 Å². The van der Waals surface area contributed by atoms with Gasteiger partial charge in [0.2, 0.25) is 0 Å². The van der Waals surface area contributed by atoms with Gasteiger partial charge < -0.3 is 10.5 Å². The number of pyridine rings is 1. The molecule has 1 aliphatic rings. The maximum absolute atomic E-state index is 6.07. The van der Waals surface area contributed by atoms with E-state index in [2.05, 4.69) is 18.8 Å². The highest BCUT2D eigenvalue weighted by Gasteiger charge is 2.24. The molecule has 1 aromatic heterocycles. The Labute approximate surface area is 116 Å². The molecule has 3 nitrogen and oxygen atoms in total. The molecule has 0 bridgehead atoms. The predicted octanol–water partition coefficient (Wildman–Crippen LogP) is 3.62. The van der Waals surface area contributed by atoms with E-state index in [0.717, 1.165) is 34.3 Å². The smallest absolute Gasteiger partial charge is 0.0895 e. The van der Waals surface area contributed by atoms with E-state index in [9.17, 15) is 0 Å². The van der Waals surface area contributed by atoms with Gasteiger partial charge in [-0.15, -0.1) is 0 Å². The number of ether oxygens (including phenoxy) is 1. The van der Waals surface area contributed by atoms with Crippen molar-refractivity contribution in [1.29, 1.82) is 0 Å². The highest BCUT2D eigenvalue weighted by Crippen LogP contribution is 2.31. The van der Waals surface area contributed by atoms with Crippen LogP contribution in [0.4, 0.5) is 5.69 Å². The topological polar surface area (TPSA) is 48.1 Å². The van der Waals surface area contributed by atoms with Gasteiger partial charge in [-0.1, -0.05) is 13.8 Å². The molecule has 0 spiro atoms. The lowest BCUT2D eigenvalue weighted by Gasteiger charge is -2.31. The third kappa shape index (κ3) is 3.47. The van der Waals surface area contributed by atoms with Gasteiger partial charge in [-0.25, -0.2) is 0 Å². The van der Waals surface area contributed by atoms with Gasteiger partial charge in [0.15, 0.2) is 0 Å². The largest absolute Gasteiger partial charge is 0.398 e. The van der Waals surface area contributed by atoms with Crippen LogP contribution in [0.15, 0.2) is 6.20 Å². The van der Waals surface area contributed by atoms with Crippen molar-refractivity contribution in [2.75, 3.05) is 5.73 Å². The number of aromatic nitrogens is 1. The van der Waals surface area contributed by atoms with Crippen LogP contribution in [0.1, 0.15) is 49.9 Å². The third-order valence-electron chi connectivity index (χ3n) is 4.27. The van der Waals surface area contributed by atoms with Crippen molar-refractivity contribution < 1.29 is 4.74 Å². The minimum Gasteiger partial charge on any atom is -0.398 e. The van der Waals surface area contributed by atoms with E-state index in [4.69, 9.17) is 10.5 Å². The molecule has 1 aliphatic carbocycles. The quantitative estimate of drug-likeness (QED) is 0.905. The van der Waals surface area contributed by atoms with Crippen LogP contribution in [0.3, 0.4) is 0 Å². The van der Waals surface area contributed by atoms with E-state index < -0.39 is 0 Å². The van der Waals surface area contributed by atoms with Crippen LogP contribution in [0, 0.1) is 25.7 Å². The molecule has 3 heteroatoms. The van der Waals surface area contributed by atoms with Crippen molar-refractivity contribution in [3.05, 3.63) is 23.0 Å². The molecule has 106 valence electrons. The summed E-state index contributed by atoms with van der Waals surface area (Å²) in [6, 6.07) is 0. The van der Waals surface area contributed by atoms with Crippen molar-refractivity contribution in [1.82, 2.24) is 4.98 Å². The maximum atomic E-state index is 6.07. The van der Waals surface area contributed by atoms with Crippen molar-refractivity contribution in [2.45, 2.75) is 59.7 Å². The molecule has 1 aromatic rings. The first-order valence-corrected chi connectivity index (χ1v) is 7.29. The summed E-state index contributed by atoms with van der Waals surface area (Å²) in [5.41, 5.74) is 9.98. The fraction of sp³-hybridized carbons (Fsp3) is 0.688. The van der Waals surface area contributed by atoms with Crippen LogP contribution in [-0.4, -0.2) is 11.1 Å². The molecule has 0 saturated heterocycles. The van der Waals surface area contributed by atoms with E-state index in [-0.39, 0.29) is 0 Å². The summed E-state index contributed by atoms with van der Waals surface area (Å²) in [6.45, 7) is 9.24. The first-order chi connectivity index (χ1) is 8.97. The molecule has 0 amide bonds. The predicted molar refractivity (Wildman–Crippen MR) is 78.9 cm³/mol. The highest BCUT2D eigenvalue weighted by molar-refractivity contribution is 5.53. The zero-order chi connectivity index (χ0) is 14.0. The average Bonchev–Trinajstić information content (AvgIpc) is 2.34. The lowest BCUT2D eigenvalue weighted by atomic mass is 9.82. The third-order valence-corrected chi connectivity index (χ3v) is 4.27. The highest BCUT2D eigenvalue weighted by atomic mass is 16.5. The summed E-state index contributed by atoms with van der Waals surface area (Å²) in [6.07, 6.45) is 5.89. The summed E-state index contributed by atoms with van der Waals surface area (Å²) in [4.78, 5) is 4.46. The van der Waals surface area contributed by atoms with E-state index >= 15 is 0 Å². The summed E-state index contributed by atoms with van der Waals surface area (Å²) >= 11 is 0. The lowest BCUT2D eigenvalue weighted by molar-refractivity contribution is -0.0106. The van der Waals surface area contributed by atoms with Crippen LogP contribution in [0.5, 0.6) is 0 Å². The van der Waals surface area contributed by atoms with Gasteiger partial charge in [0.25, 0.3) is 0 Å². The van der Waals surface area contributed by atoms with E-state index in [0.29, 0.717) is 12.7 Å². The number of nitrogens with zero attached hydrogens (tertiary/aromatic N) is 1. The minimum absolute atomic E-state index is 0.377. The van der Waals surface area contributed by atoms with Crippen molar-refractivity contribution >= 4 is 5.69 Å². The Kier molecular flexibility index (Phi) is 4.46. The summed E-state index contributed by atoms with van der Waals surface area (Å²) in [5.74, 6) is 1.54. The Morgan fingerprint density at radius 3 is 2.47 bits per heavy atom. The second kappa shape index (κ2) is 5.91. The Balaban J connectivity index is 1.97. The number of anilines is 1. The van der Waals surface area contributed by atoms with Crippen LogP contribution in [-0.2, 0) is 11.3 Å². The molecule has 1 fully saturated rings. The number of nitrogens with two attached hydrogens (primary N) is 1. The molecule has 0 radical (unpaired) electrons. The number of rotatable bonds is 3. The van der Waals surface area contributed by atoms with E-state index in [1.54, 1.807) is 0 Å². The standard InChI is InChI=1S/C16H26N2O/c1-10-5-11(2)7-14(6-10)19-9-15-13(4)16(17)12(3)8-18-15/h8,10-11,14H,5-7,9H2,1-4H3,(H2,17,18). The minimum atomic E-state index is 0.377. The molecule has 19 heavy (non-hydrogen) atoms. The van der Waals surface area contributed by atoms with Gasteiger partial charge in [-0.2, -0.15) is 0 Å². The Hall–Kier alpha value is -1.09. The summed E-state index contributed by atoms with van der Waals surface area (Å²) < 4.78 is 6.07. The van der Waals surface area contributed by atoms with E-state index in [1.807, 2.05) is 20.0 Å². The van der Waals surface area contributed by atoms with Crippen LogP contribution in [0.2, 0.25) is 0 Å². The van der Waals surface area contributed by atoms with Crippen LogP contribution in [0.25, 0.3) is 0 Å². The Bertz CT molecular complexity index is 435. The first-order valence-electron chi connectivity index (χ1n) is 7.29. The summed E-state index contributed by atoms with van der Waals surface area (Å²) in [5, 5.41) is 0. The van der Waals surface area contributed by atoms with Crippen LogP contribution >= 0.6 is 0 Å². The molecule has 2 atom stereocenters. The van der Waals surface area contributed by atoms with Gasteiger partial charge in [0.05, 0.1) is 18.4 Å². The number of hydrogen-bond acceptors (Lipinski definition) is 3. The van der Waals surface area contributed by atoms with Crippen molar-refractivity contribution in [2.24, 2.45) is 11.8 Å². The molecule has 1 heterocycles. The number of aryl methyl sites for hydroxylation is 1. The van der Waals surface area contributed by atoms with Crippen LogP contribution < -0.4 is 5.73 Å². The Morgan fingerprint density at radius 2 is 1.84 bits per heavy atom. The first kappa shape index (κ1) is 14.3. The molecule has 0 aromatic carbocycles. The van der Waals surface area contributed by atoms with Gasteiger partial charge in [0.1, 0.15) is 0 Å².